The largest absolute Gasteiger partial charge is 0.380 e. The second-order valence-electron chi connectivity index (χ2n) is 3.98. The second-order valence-corrected chi connectivity index (χ2v) is 3.98. The summed E-state index contributed by atoms with van der Waals surface area (Å²) >= 11 is 0. The van der Waals surface area contributed by atoms with Crippen molar-refractivity contribution in [3.8, 4) is 0 Å². The second kappa shape index (κ2) is 4.72. The van der Waals surface area contributed by atoms with E-state index >= 15 is 0 Å². The first-order valence-electron chi connectivity index (χ1n) is 4.69. The van der Waals surface area contributed by atoms with Crippen LogP contribution >= 0.6 is 0 Å². The van der Waals surface area contributed by atoms with E-state index in [0.717, 1.165) is 0 Å². The molecule has 0 aliphatic carbocycles. The van der Waals surface area contributed by atoms with Crippen molar-refractivity contribution in [2.45, 2.75) is 13.0 Å². The van der Waals surface area contributed by atoms with E-state index in [1.165, 1.54) is 7.11 Å². The normalized spacial score (nSPS) is 21.1. The van der Waals surface area contributed by atoms with Crippen LogP contribution in [0, 0.1) is 5.41 Å². The third kappa shape index (κ3) is 2.67. The van der Waals surface area contributed by atoms with Crippen molar-refractivity contribution >= 4 is 5.91 Å². The van der Waals surface area contributed by atoms with Crippen LogP contribution in [0.1, 0.15) is 6.92 Å². The zero-order valence-corrected chi connectivity index (χ0v) is 8.71. The molecule has 1 aliphatic heterocycles. The van der Waals surface area contributed by atoms with Crippen LogP contribution in [0.5, 0.6) is 0 Å². The van der Waals surface area contributed by atoms with Crippen molar-refractivity contribution in [2.75, 3.05) is 33.4 Å². The highest BCUT2D eigenvalue weighted by molar-refractivity contribution is 5.81. The number of carbonyl (C=O) groups excluding carboxylic acids is 1. The maximum Gasteiger partial charge on any atom is 0.250 e. The fourth-order valence-corrected chi connectivity index (χ4v) is 1.28. The first-order valence-corrected chi connectivity index (χ1v) is 4.69. The maximum absolute atomic E-state index is 11.4. The van der Waals surface area contributed by atoms with E-state index in [-0.39, 0.29) is 17.9 Å². The standard InChI is InChI=1S/C9H18N2O3/c1-9(5-14-6-9)4-11-8(12)7(3-10)13-2/h7H,3-6,10H2,1-2H3,(H,11,12). The van der Waals surface area contributed by atoms with Gasteiger partial charge in [0.05, 0.1) is 13.2 Å². The van der Waals surface area contributed by atoms with Gasteiger partial charge in [0.25, 0.3) is 0 Å². The molecule has 3 N–H and O–H groups in total. The molecule has 0 saturated carbocycles. The van der Waals surface area contributed by atoms with Crippen LogP contribution in [0.2, 0.25) is 0 Å². The Hall–Kier alpha value is -0.650. The van der Waals surface area contributed by atoms with E-state index < -0.39 is 6.10 Å². The molecule has 1 rings (SSSR count). The molecule has 1 unspecified atom stereocenters. The highest BCUT2D eigenvalue weighted by Gasteiger charge is 2.34. The predicted molar refractivity (Wildman–Crippen MR) is 51.8 cm³/mol. The van der Waals surface area contributed by atoms with Crippen molar-refractivity contribution in [1.82, 2.24) is 5.32 Å². The van der Waals surface area contributed by atoms with E-state index in [4.69, 9.17) is 15.2 Å². The minimum Gasteiger partial charge on any atom is -0.380 e. The van der Waals surface area contributed by atoms with Gasteiger partial charge in [0.15, 0.2) is 0 Å². The molecular weight excluding hydrogens is 184 g/mol. The molecule has 5 nitrogen and oxygen atoms in total. The summed E-state index contributed by atoms with van der Waals surface area (Å²) in [4.78, 5) is 11.4. The Morgan fingerprint density at radius 1 is 1.71 bits per heavy atom. The van der Waals surface area contributed by atoms with Crippen LogP contribution in [0.25, 0.3) is 0 Å². The molecular formula is C9H18N2O3. The topological polar surface area (TPSA) is 73.6 Å². The fourth-order valence-electron chi connectivity index (χ4n) is 1.28. The highest BCUT2D eigenvalue weighted by atomic mass is 16.5. The van der Waals surface area contributed by atoms with Crippen molar-refractivity contribution in [2.24, 2.45) is 11.1 Å². The summed E-state index contributed by atoms with van der Waals surface area (Å²) in [5.41, 5.74) is 5.45. The number of carbonyl (C=O) groups is 1. The average Bonchev–Trinajstić information content (AvgIpc) is 2.13. The van der Waals surface area contributed by atoms with Gasteiger partial charge in [0, 0.05) is 25.6 Å². The summed E-state index contributed by atoms with van der Waals surface area (Å²) in [6, 6.07) is 0. The molecule has 82 valence electrons. The summed E-state index contributed by atoms with van der Waals surface area (Å²) in [6.45, 7) is 4.30. The van der Waals surface area contributed by atoms with E-state index in [9.17, 15) is 4.79 Å². The Bertz CT molecular complexity index is 200. The van der Waals surface area contributed by atoms with Gasteiger partial charge in [-0.25, -0.2) is 0 Å². The number of hydrogen-bond donors (Lipinski definition) is 2. The van der Waals surface area contributed by atoms with Crippen LogP contribution in [0.4, 0.5) is 0 Å². The molecule has 14 heavy (non-hydrogen) atoms. The third-order valence-electron chi connectivity index (χ3n) is 2.38. The molecule has 1 amide bonds. The zero-order chi connectivity index (χ0) is 10.6. The number of hydrogen-bond acceptors (Lipinski definition) is 4. The Morgan fingerprint density at radius 2 is 2.36 bits per heavy atom. The Labute approximate surface area is 83.9 Å². The van der Waals surface area contributed by atoms with Gasteiger partial charge in [-0.05, 0) is 0 Å². The molecule has 0 radical (unpaired) electrons. The van der Waals surface area contributed by atoms with Crippen molar-refractivity contribution in [3.05, 3.63) is 0 Å². The fraction of sp³-hybridized carbons (Fsp3) is 0.889. The Kier molecular flexibility index (Phi) is 3.86. The molecule has 0 aromatic rings. The molecule has 0 aromatic heterocycles. The van der Waals surface area contributed by atoms with Crippen molar-refractivity contribution in [3.63, 3.8) is 0 Å². The molecule has 0 aromatic carbocycles. The highest BCUT2D eigenvalue weighted by Crippen LogP contribution is 2.24. The first kappa shape index (κ1) is 11.4. The maximum atomic E-state index is 11.4. The minimum atomic E-state index is -0.542. The lowest BCUT2D eigenvalue weighted by molar-refractivity contribution is -0.135. The average molecular weight is 202 g/mol. The lowest BCUT2D eigenvalue weighted by Crippen LogP contribution is -2.51. The molecule has 1 saturated heterocycles. The van der Waals surface area contributed by atoms with Gasteiger partial charge in [-0.2, -0.15) is 0 Å². The van der Waals surface area contributed by atoms with Crippen LogP contribution < -0.4 is 11.1 Å². The lowest BCUT2D eigenvalue weighted by Gasteiger charge is -2.38. The van der Waals surface area contributed by atoms with Crippen LogP contribution in [0.3, 0.4) is 0 Å². The number of methoxy groups -OCH3 is 1. The quantitative estimate of drug-likeness (QED) is 0.606. The minimum absolute atomic E-state index is 0.0859. The zero-order valence-electron chi connectivity index (χ0n) is 8.71. The van der Waals surface area contributed by atoms with Crippen LogP contribution in [-0.4, -0.2) is 45.4 Å². The number of ether oxygens (including phenoxy) is 2. The molecule has 1 heterocycles. The summed E-state index contributed by atoms with van der Waals surface area (Å²) in [6.07, 6.45) is -0.542. The Morgan fingerprint density at radius 3 is 2.71 bits per heavy atom. The van der Waals surface area contributed by atoms with Gasteiger partial charge in [-0.1, -0.05) is 6.92 Å². The van der Waals surface area contributed by atoms with Crippen molar-refractivity contribution < 1.29 is 14.3 Å². The van der Waals surface area contributed by atoms with Gasteiger partial charge >= 0.3 is 0 Å². The predicted octanol–water partition coefficient (Wildman–Crippen LogP) is -0.887. The van der Waals surface area contributed by atoms with Gasteiger partial charge < -0.3 is 20.5 Å². The molecule has 1 atom stereocenters. The van der Waals surface area contributed by atoms with Crippen LogP contribution in [-0.2, 0) is 14.3 Å². The van der Waals surface area contributed by atoms with Crippen molar-refractivity contribution in [1.29, 1.82) is 0 Å². The number of amides is 1. The van der Waals surface area contributed by atoms with E-state index in [2.05, 4.69) is 12.2 Å². The van der Waals surface area contributed by atoms with Crippen LogP contribution in [0.15, 0.2) is 0 Å². The molecule has 0 bridgehead atoms. The lowest BCUT2D eigenvalue weighted by atomic mass is 9.89. The number of rotatable bonds is 5. The first-order chi connectivity index (χ1) is 6.61. The third-order valence-corrected chi connectivity index (χ3v) is 2.38. The van der Waals surface area contributed by atoms with E-state index in [1.807, 2.05) is 0 Å². The van der Waals surface area contributed by atoms with E-state index in [0.29, 0.717) is 19.8 Å². The molecule has 1 fully saturated rings. The van der Waals surface area contributed by atoms with Gasteiger partial charge in [0.1, 0.15) is 6.10 Å². The SMILES string of the molecule is COC(CN)C(=O)NCC1(C)COC1. The summed E-state index contributed by atoms with van der Waals surface area (Å²) in [5, 5.41) is 2.80. The molecule has 5 heteroatoms. The van der Waals surface area contributed by atoms with E-state index in [1.54, 1.807) is 0 Å². The molecule has 0 spiro atoms. The smallest absolute Gasteiger partial charge is 0.250 e. The Balaban J connectivity index is 2.26. The number of nitrogens with two attached hydrogens (primary N) is 1. The van der Waals surface area contributed by atoms with Gasteiger partial charge in [0.2, 0.25) is 5.91 Å². The summed E-state index contributed by atoms with van der Waals surface area (Å²) in [7, 11) is 1.48. The van der Waals surface area contributed by atoms with Gasteiger partial charge in [-0.15, -0.1) is 0 Å². The number of nitrogens with one attached hydrogen (secondary N) is 1. The summed E-state index contributed by atoms with van der Waals surface area (Å²) in [5.74, 6) is -0.150. The summed E-state index contributed by atoms with van der Waals surface area (Å²) < 4.78 is 9.99. The monoisotopic (exact) mass is 202 g/mol. The van der Waals surface area contributed by atoms with Gasteiger partial charge in [-0.3, -0.25) is 4.79 Å². The molecule has 1 aliphatic rings.